The van der Waals surface area contributed by atoms with Crippen LogP contribution in [0.3, 0.4) is 0 Å². The number of nitrogens with zero attached hydrogens (tertiary/aromatic N) is 2. The zero-order valence-electron chi connectivity index (χ0n) is 14.9. The van der Waals surface area contributed by atoms with Gasteiger partial charge in [-0.2, -0.15) is 0 Å². The number of aromatic nitrogens is 1. The van der Waals surface area contributed by atoms with Gasteiger partial charge in [0, 0.05) is 43.2 Å². The van der Waals surface area contributed by atoms with Crippen LogP contribution < -0.4 is 14.8 Å². The van der Waals surface area contributed by atoms with E-state index in [2.05, 4.69) is 10.3 Å². The van der Waals surface area contributed by atoms with Gasteiger partial charge in [-0.05, 0) is 49.1 Å². The molecule has 27 heavy (non-hydrogen) atoms. The van der Waals surface area contributed by atoms with Crippen molar-refractivity contribution < 1.29 is 19.1 Å². The van der Waals surface area contributed by atoms with Gasteiger partial charge in [0.15, 0.2) is 11.5 Å². The van der Waals surface area contributed by atoms with E-state index in [4.69, 9.17) is 9.47 Å². The Labute approximate surface area is 157 Å². The molecule has 2 aliphatic heterocycles. The molecule has 0 bridgehead atoms. The SMILES string of the molecule is O=C(NCC1CCN(C(=O)c2ccncc2)CC1)c1ccc2c(c1)OCO2. The molecule has 4 rings (SSSR count). The number of amides is 2. The molecule has 0 radical (unpaired) electrons. The van der Waals surface area contributed by atoms with Crippen molar-refractivity contribution >= 4 is 11.8 Å². The molecule has 1 fully saturated rings. The maximum atomic E-state index is 12.5. The van der Waals surface area contributed by atoms with Gasteiger partial charge < -0.3 is 19.7 Å². The molecule has 0 aliphatic carbocycles. The first-order chi connectivity index (χ1) is 13.2. The summed E-state index contributed by atoms with van der Waals surface area (Å²) >= 11 is 0. The monoisotopic (exact) mass is 367 g/mol. The molecule has 140 valence electrons. The lowest BCUT2D eigenvalue weighted by Gasteiger charge is -2.32. The summed E-state index contributed by atoms with van der Waals surface area (Å²) in [5.74, 6) is 1.55. The van der Waals surface area contributed by atoms with Crippen molar-refractivity contribution in [2.24, 2.45) is 5.92 Å². The number of ether oxygens (including phenoxy) is 2. The van der Waals surface area contributed by atoms with Crippen LogP contribution in [0.4, 0.5) is 0 Å². The van der Waals surface area contributed by atoms with Crippen LogP contribution in [-0.4, -0.2) is 48.1 Å². The van der Waals surface area contributed by atoms with Crippen LogP contribution in [-0.2, 0) is 0 Å². The fourth-order valence-corrected chi connectivity index (χ4v) is 3.39. The minimum atomic E-state index is -0.122. The Kier molecular flexibility index (Phi) is 4.91. The van der Waals surface area contributed by atoms with Gasteiger partial charge in [0.05, 0.1) is 0 Å². The van der Waals surface area contributed by atoms with Crippen LogP contribution in [0.5, 0.6) is 11.5 Å². The molecular formula is C20H21N3O4. The maximum absolute atomic E-state index is 12.5. The molecule has 2 aromatic rings. The van der Waals surface area contributed by atoms with Gasteiger partial charge in [-0.25, -0.2) is 0 Å². The number of hydrogen-bond donors (Lipinski definition) is 1. The van der Waals surface area contributed by atoms with Crippen LogP contribution in [0.25, 0.3) is 0 Å². The average Bonchev–Trinajstić information content (AvgIpc) is 3.20. The van der Waals surface area contributed by atoms with Gasteiger partial charge >= 0.3 is 0 Å². The number of piperidine rings is 1. The Balaban J connectivity index is 1.26. The van der Waals surface area contributed by atoms with Gasteiger partial charge in [-0.15, -0.1) is 0 Å². The summed E-state index contributed by atoms with van der Waals surface area (Å²) in [7, 11) is 0. The molecular weight excluding hydrogens is 346 g/mol. The van der Waals surface area contributed by atoms with Crippen molar-refractivity contribution in [1.82, 2.24) is 15.2 Å². The smallest absolute Gasteiger partial charge is 0.253 e. The summed E-state index contributed by atoms with van der Waals surface area (Å²) in [5.41, 5.74) is 1.23. The highest BCUT2D eigenvalue weighted by molar-refractivity contribution is 5.95. The summed E-state index contributed by atoms with van der Waals surface area (Å²) in [6.45, 7) is 2.19. The molecule has 7 nitrogen and oxygen atoms in total. The van der Waals surface area contributed by atoms with E-state index >= 15 is 0 Å². The van der Waals surface area contributed by atoms with Crippen LogP contribution in [0.15, 0.2) is 42.7 Å². The molecule has 7 heteroatoms. The summed E-state index contributed by atoms with van der Waals surface area (Å²) in [6.07, 6.45) is 5.01. The molecule has 2 amide bonds. The molecule has 1 aromatic heterocycles. The first kappa shape index (κ1) is 17.3. The Bertz CT molecular complexity index is 832. The lowest BCUT2D eigenvalue weighted by molar-refractivity contribution is 0.0684. The first-order valence-corrected chi connectivity index (χ1v) is 9.08. The minimum absolute atomic E-state index is 0.0419. The van der Waals surface area contributed by atoms with Gasteiger partial charge in [0.25, 0.3) is 11.8 Å². The number of benzene rings is 1. The summed E-state index contributed by atoms with van der Waals surface area (Å²) in [4.78, 5) is 30.6. The third kappa shape index (κ3) is 3.86. The van der Waals surface area contributed by atoms with E-state index in [9.17, 15) is 9.59 Å². The van der Waals surface area contributed by atoms with E-state index in [-0.39, 0.29) is 18.6 Å². The summed E-state index contributed by atoms with van der Waals surface area (Å²) < 4.78 is 10.6. The average molecular weight is 367 g/mol. The molecule has 0 unspecified atom stereocenters. The number of rotatable bonds is 4. The quantitative estimate of drug-likeness (QED) is 0.895. The minimum Gasteiger partial charge on any atom is -0.454 e. The highest BCUT2D eigenvalue weighted by atomic mass is 16.7. The second kappa shape index (κ2) is 7.65. The third-order valence-corrected chi connectivity index (χ3v) is 5.02. The van der Waals surface area contributed by atoms with Gasteiger partial charge in [0.1, 0.15) is 0 Å². The molecule has 0 spiro atoms. The molecule has 0 atom stereocenters. The lowest BCUT2D eigenvalue weighted by Crippen LogP contribution is -2.41. The van der Waals surface area contributed by atoms with Gasteiger partial charge in [-0.3, -0.25) is 14.6 Å². The summed E-state index contributed by atoms with van der Waals surface area (Å²) in [5, 5.41) is 2.99. The largest absolute Gasteiger partial charge is 0.454 e. The zero-order chi connectivity index (χ0) is 18.6. The first-order valence-electron chi connectivity index (χ1n) is 9.08. The predicted molar refractivity (Wildman–Crippen MR) is 97.8 cm³/mol. The highest BCUT2D eigenvalue weighted by Gasteiger charge is 2.24. The number of fused-ring (bicyclic) bond motifs is 1. The van der Waals surface area contributed by atoms with E-state index < -0.39 is 0 Å². The normalized spacial score (nSPS) is 16.2. The number of hydrogen-bond acceptors (Lipinski definition) is 5. The molecule has 1 N–H and O–H groups in total. The standard InChI is InChI=1S/C20H21N3O4/c24-19(16-1-2-17-18(11-16)27-13-26-17)22-12-14-5-9-23(10-6-14)20(25)15-3-7-21-8-4-15/h1-4,7-8,11,14H,5-6,9-10,12-13H2,(H,22,24). The predicted octanol–water partition coefficient (Wildman–Crippen LogP) is 2.09. The fourth-order valence-electron chi connectivity index (χ4n) is 3.39. The van der Waals surface area contributed by atoms with Gasteiger partial charge in [0.2, 0.25) is 6.79 Å². The molecule has 0 saturated carbocycles. The van der Waals surface area contributed by atoms with Crippen LogP contribution in [0.2, 0.25) is 0 Å². The van der Waals surface area contributed by atoms with Crippen molar-refractivity contribution in [3.63, 3.8) is 0 Å². The molecule has 1 aromatic carbocycles. The Morgan fingerprint density at radius 3 is 2.56 bits per heavy atom. The third-order valence-electron chi connectivity index (χ3n) is 5.02. The molecule has 1 saturated heterocycles. The van der Waals surface area contributed by atoms with Crippen molar-refractivity contribution in [1.29, 1.82) is 0 Å². The fraction of sp³-hybridized carbons (Fsp3) is 0.350. The second-order valence-corrected chi connectivity index (χ2v) is 6.75. The summed E-state index contributed by atoms with van der Waals surface area (Å²) in [6, 6.07) is 8.66. The molecule has 3 heterocycles. The van der Waals surface area contributed by atoms with Gasteiger partial charge in [-0.1, -0.05) is 0 Å². The maximum Gasteiger partial charge on any atom is 0.253 e. The Morgan fingerprint density at radius 2 is 1.78 bits per heavy atom. The number of carbonyl (C=O) groups excluding carboxylic acids is 2. The number of carbonyl (C=O) groups is 2. The molecule has 2 aliphatic rings. The second-order valence-electron chi connectivity index (χ2n) is 6.75. The van der Waals surface area contributed by atoms with Crippen molar-refractivity contribution in [2.75, 3.05) is 26.4 Å². The van der Waals surface area contributed by atoms with E-state index in [0.29, 0.717) is 48.2 Å². The zero-order valence-corrected chi connectivity index (χ0v) is 14.9. The topological polar surface area (TPSA) is 80.8 Å². The van der Waals surface area contributed by atoms with Crippen LogP contribution in [0.1, 0.15) is 33.6 Å². The van der Waals surface area contributed by atoms with Crippen molar-refractivity contribution in [3.05, 3.63) is 53.9 Å². The Morgan fingerprint density at radius 1 is 1.04 bits per heavy atom. The number of pyridine rings is 1. The van der Waals surface area contributed by atoms with E-state index in [0.717, 1.165) is 12.8 Å². The number of nitrogens with one attached hydrogen (secondary N) is 1. The van der Waals surface area contributed by atoms with Crippen LogP contribution >= 0.6 is 0 Å². The Hall–Kier alpha value is -3.09. The highest BCUT2D eigenvalue weighted by Crippen LogP contribution is 2.32. The van der Waals surface area contributed by atoms with E-state index in [1.165, 1.54) is 0 Å². The lowest BCUT2D eigenvalue weighted by atomic mass is 9.96. The van der Waals surface area contributed by atoms with Crippen molar-refractivity contribution in [3.8, 4) is 11.5 Å². The van der Waals surface area contributed by atoms with E-state index in [1.54, 1.807) is 42.7 Å². The van der Waals surface area contributed by atoms with E-state index in [1.807, 2.05) is 4.90 Å². The van der Waals surface area contributed by atoms with Crippen LogP contribution in [0, 0.1) is 5.92 Å². The van der Waals surface area contributed by atoms with Crippen molar-refractivity contribution in [2.45, 2.75) is 12.8 Å². The number of likely N-dealkylation sites (tertiary alicyclic amines) is 1.